The average molecular weight is 207 g/mol. The van der Waals surface area contributed by atoms with Gasteiger partial charge in [-0.25, -0.2) is 8.42 Å². The molecule has 1 atom stereocenters. The van der Waals surface area contributed by atoms with E-state index in [1.165, 1.54) is 6.26 Å². The van der Waals surface area contributed by atoms with Gasteiger partial charge in [0.2, 0.25) is 0 Å². The van der Waals surface area contributed by atoms with E-state index in [1.807, 2.05) is 0 Å². The molecule has 4 heteroatoms. The zero-order chi connectivity index (χ0) is 10.5. The predicted molar refractivity (Wildman–Crippen MR) is 56.4 cm³/mol. The molecule has 0 bridgehead atoms. The lowest BCUT2D eigenvalue weighted by atomic mass is 9.83. The molecule has 0 heterocycles. The van der Waals surface area contributed by atoms with E-state index in [2.05, 4.69) is 13.8 Å². The molecule has 0 spiro atoms. The maximum atomic E-state index is 10.9. The van der Waals surface area contributed by atoms with Gasteiger partial charge in [-0.3, -0.25) is 0 Å². The Balaban J connectivity index is 3.88. The van der Waals surface area contributed by atoms with E-state index in [1.54, 1.807) is 0 Å². The fourth-order valence-corrected chi connectivity index (χ4v) is 1.85. The fraction of sp³-hybridized carbons (Fsp3) is 1.00. The molecule has 0 saturated heterocycles. The maximum Gasteiger partial charge on any atom is 0.147 e. The molecule has 0 aliphatic heterocycles. The highest BCUT2D eigenvalue weighted by atomic mass is 32.2. The summed E-state index contributed by atoms with van der Waals surface area (Å²) in [6.45, 7) is 4.83. The summed E-state index contributed by atoms with van der Waals surface area (Å²) in [4.78, 5) is 0. The molecule has 0 aliphatic carbocycles. The molecule has 0 aromatic heterocycles. The largest absolute Gasteiger partial charge is 0.330 e. The van der Waals surface area contributed by atoms with E-state index in [9.17, 15) is 8.42 Å². The first-order valence-corrected chi connectivity index (χ1v) is 6.77. The molecular weight excluding hydrogens is 186 g/mol. The molecule has 1 unspecified atom stereocenters. The van der Waals surface area contributed by atoms with Crippen molar-refractivity contribution in [1.82, 2.24) is 0 Å². The van der Waals surface area contributed by atoms with Crippen molar-refractivity contribution in [2.45, 2.75) is 33.1 Å². The topological polar surface area (TPSA) is 60.2 Å². The fourth-order valence-electron chi connectivity index (χ4n) is 1.18. The van der Waals surface area contributed by atoms with E-state index < -0.39 is 9.84 Å². The number of hydrogen-bond donors (Lipinski definition) is 1. The second kappa shape index (κ2) is 4.96. The Morgan fingerprint density at radius 3 is 2.23 bits per heavy atom. The smallest absolute Gasteiger partial charge is 0.147 e. The molecule has 80 valence electrons. The normalized spacial score (nSPS) is 16.9. The van der Waals surface area contributed by atoms with Gasteiger partial charge in [0.1, 0.15) is 9.84 Å². The van der Waals surface area contributed by atoms with Crippen LogP contribution >= 0.6 is 0 Å². The second-order valence-electron chi connectivity index (χ2n) is 4.10. The van der Waals surface area contributed by atoms with Crippen LogP contribution in [-0.2, 0) is 9.84 Å². The lowest BCUT2D eigenvalue weighted by Gasteiger charge is -2.25. The van der Waals surface area contributed by atoms with Gasteiger partial charge in [-0.15, -0.1) is 0 Å². The van der Waals surface area contributed by atoms with Crippen LogP contribution in [0.25, 0.3) is 0 Å². The van der Waals surface area contributed by atoms with Crippen LogP contribution in [0, 0.1) is 5.41 Å². The Morgan fingerprint density at radius 1 is 1.38 bits per heavy atom. The monoisotopic (exact) mass is 207 g/mol. The van der Waals surface area contributed by atoms with Crippen LogP contribution in [0.1, 0.15) is 33.1 Å². The van der Waals surface area contributed by atoms with Gasteiger partial charge in [0.05, 0.1) is 0 Å². The molecule has 0 aromatic carbocycles. The minimum atomic E-state index is -2.80. The summed E-state index contributed by atoms with van der Waals surface area (Å²) in [5.74, 6) is 0.280. The SMILES string of the molecule is CCC(C)(CN)CCCS(C)(=O)=O. The Labute approximate surface area is 81.6 Å². The molecule has 0 aliphatic rings. The third kappa shape index (κ3) is 6.05. The minimum Gasteiger partial charge on any atom is -0.330 e. The lowest BCUT2D eigenvalue weighted by Crippen LogP contribution is -2.27. The third-order valence-corrected chi connectivity index (χ3v) is 3.67. The van der Waals surface area contributed by atoms with Gasteiger partial charge < -0.3 is 5.73 Å². The molecule has 3 nitrogen and oxygen atoms in total. The maximum absolute atomic E-state index is 10.9. The van der Waals surface area contributed by atoms with Crippen molar-refractivity contribution in [1.29, 1.82) is 0 Å². The number of sulfone groups is 1. The molecule has 0 aromatic rings. The van der Waals surface area contributed by atoms with Gasteiger partial charge in [0, 0.05) is 12.0 Å². The first-order valence-electron chi connectivity index (χ1n) is 4.71. The van der Waals surface area contributed by atoms with E-state index in [0.29, 0.717) is 6.54 Å². The van der Waals surface area contributed by atoms with Crippen molar-refractivity contribution in [2.24, 2.45) is 11.1 Å². The van der Waals surface area contributed by atoms with Crippen LogP contribution in [0.5, 0.6) is 0 Å². The summed E-state index contributed by atoms with van der Waals surface area (Å²) in [6, 6.07) is 0. The third-order valence-electron chi connectivity index (χ3n) is 2.64. The highest BCUT2D eigenvalue weighted by molar-refractivity contribution is 7.90. The molecule has 0 radical (unpaired) electrons. The molecule has 2 N–H and O–H groups in total. The molecule has 13 heavy (non-hydrogen) atoms. The van der Waals surface area contributed by atoms with Gasteiger partial charge in [0.15, 0.2) is 0 Å². The van der Waals surface area contributed by atoms with Crippen LogP contribution in [0.3, 0.4) is 0 Å². The van der Waals surface area contributed by atoms with E-state index in [4.69, 9.17) is 5.73 Å². The Kier molecular flexibility index (Phi) is 4.92. The van der Waals surface area contributed by atoms with Crippen LogP contribution in [0.2, 0.25) is 0 Å². The standard InChI is InChI=1S/C9H21NO2S/c1-4-9(2,8-10)6-5-7-13(3,11)12/h4-8,10H2,1-3H3. The van der Waals surface area contributed by atoms with E-state index in [-0.39, 0.29) is 11.2 Å². The summed E-state index contributed by atoms with van der Waals surface area (Å²) in [5.41, 5.74) is 5.73. The first kappa shape index (κ1) is 12.9. The average Bonchev–Trinajstić information content (AvgIpc) is 2.02. The van der Waals surface area contributed by atoms with Crippen LogP contribution in [-0.4, -0.2) is 27.0 Å². The van der Waals surface area contributed by atoms with Crippen LogP contribution < -0.4 is 5.73 Å². The number of rotatable bonds is 6. The highest BCUT2D eigenvalue weighted by Crippen LogP contribution is 2.25. The van der Waals surface area contributed by atoms with Crippen LogP contribution in [0.4, 0.5) is 0 Å². The lowest BCUT2D eigenvalue weighted by molar-refractivity contribution is 0.293. The van der Waals surface area contributed by atoms with Gasteiger partial charge >= 0.3 is 0 Å². The first-order chi connectivity index (χ1) is 5.83. The van der Waals surface area contributed by atoms with Crippen molar-refractivity contribution in [3.05, 3.63) is 0 Å². The van der Waals surface area contributed by atoms with Crippen molar-refractivity contribution in [3.63, 3.8) is 0 Å². The Bertz CT molecular complexity index is 230. The van der Waals surface area contributed by atoms with E-state index >= 15 is 0 Å². The molecule has 0 fully saturated rings. The molecular formula is C9H21NO2S. The Hall–Kier alpha value is -0.0900. The number of hydrogen-bond acceptors (Lipinski definition) is 3. The van der Waals surface area contributed by atoms with E-state index in [0.717, 1.165) is 19.3 Å². The van der Waals surface area contributed by atoms with Crippen molar-refractivity contribution in [2.75, 3.05) is 18.6 Å². The number of nitrogens with two attached hydrogens (primary N) is 1. The zero-order valence-corrected chi connectivity index (χ0v) is 9.65. The summed E-state index contributed by atoms with van der Waals surface area (Å²) in [7, 11) is -2.80. The van der Waals surface area contributed by atoms with Gasteiger partial charge in [-0.2, -0.15) is 0 Å². The predicted octanol–water partition coefficient (Wildman–Crippen LogP) is 1.19. The van der Waals surface area contributed by atoms with Crippen molar-refractivity contribution < 1.29 is 8.42 Å². The molecule has 0 rings (SSSR count). The summed E-state index contributed by atoms with van der Waals surface area (Å²) in [5, 5.41) is 0. The van der Waals surface area contributed by atoms with Crippen molar-refractivity contribution in [3.8, 4) is 0 Å². The van der Waals surface area contributed by atoms with Gasteiger partial charge in [-0.1, -0.05) is 13.8 Å². The second-order valence-corrected chi connectivity index (χ2v) is 6.36. The zero-order valence-electron chi connectivity index (χ0n) is 8.84. The van der Waals surface area contributed by atoms with Crippen LogP contribution in [0.15, 0.2) is 0 Å². The summed E-state index contributed by atoms with van der Waals surface area (Å²) >= 11 is 0. The van der Waals surface area contributed by atoms with Crippen molar-refractivity contribution >= 4 is 9.84 Å². The summed E-state index contributed by atoms with van der Waals surface area (Å²) < 4.78 is 21.7. The molecule has 0 amide bonds. The Morgan fingerprint density at radius 2 is 1.92 bits per heavy atom. The molecule has 0 saturated carbocycles. The van der Waals surface area contributed by atoms with Gasteiger partial charge in [0.25, 0.3) is 0 Å². The minimum absolute atomic E-state index is 0.116. The highest BCUT2D eigenvalue weighted by Gasteiger charge is 2.19. The summed E-state index contributed by atoms with van der Waals surface area (Å²) in [6.07, 6.45) is 3.90. The quantitative estimate of drug-likeness (QED) is 0.711. The van der Waals surface area contributed by atoms with Gasteiger partial charge in [-0.05, 0) is 31.2 Å².